The fraction of sp³-hybridized carbons (Fsp3) is 0.250. The molecule has 2 nitrogen and oxygen atoms in total. The molecule has 0 aliphatic heterocycles. The van der Waals surface area contributed by atoms with Crippen LogP contribution in [0.2, 0.25) is 0 Å². The number of nitrogens with two attached hydrogens (primary N) is 1. The molecule has 0 aliphatic rings. The van der Waals surface area contributed by atoms with Crippen LogP contribution in [0.5, 0.6) is 5.75 Å². The molecule has 0 bridgehead atoms. The first-order valence-electron chi connectivity index (χ1n) is 3.42. The zero-order valence-corrected chi connectivity index (χ0v) is 6.09. The summed E-state index contributed by atoms with van der Waals surface area (Å²) in [5, 5.41) is 0. The summed E-state index contributed by atoms with van der Waals surface area (Å²) in [6.45, 7) is 0.745. The van der Waals surface area contributed by atoms with Crippen LogP contribution in [0, 0.1) is 5.82 Å². The van der Waals surface area contributed by atoms with Crippen LogP contribution in [0.3, 0.4) is 0 Å². The van der Waals surface area contributed by atoms with E-state index in [0.29, 0.717) is 13.2 Å². The van der Waals surface area contributed by atoms with Gasteiger partial charge < -0.3 is 10.5 Å². The van der Waals surface area contributed by atoms with Crippen molar-refractivity contribution in [3.63, 3.8) is 0 Å². The van der Waals surface area contributed by atoms with Gasteiger partial charge in [0.05, 0.1) is 0 Å². The molecule has 0 fully saturated rings. The van der Waals surface area contributed by atoms with Crippen molar-refractivity contribution in [2.24, 2.45) is 5.73 Å². The highest BCUT2D eigenvalue weighted by Crippen LogP contribution is 2.14. The molecule has 0 amide bonds. The number of benzene rings is 1. The molecular formula is C8H10FNO. The van der Waals surface area contributed by atoms with Gasteiger partial charge in [0.2, 0.25) is 0 Å². The van der Waals surface area contributed by atoms with Crippen molar-refractivity contribution in [1.29, 1.82) is 0 Å². The fourth-order valence-corrected chi connectivity index (χ4v) is 0.731. The number of halogens is 1. The zero-order valence-electron chi connectivity index (χ0n) is 6.09. The lowest BCUT2D eigenvalue weighted by molar-refractivity contribution is 0.311. The first-order chi connectivity index (χ1) is 5.34. The third-order valence-corrected chi connectivity index (χ3v) is 1.21. The van der Waals surface area contributed by atoms with Crippen molar-refractivity contribution in [2.75, 3.05) is 13.2 Å². The zero-order chi connectivity index (χ0) is 8.10. The summed E-state index contributed by atoms with van der Waals surface area (Å²) >= 11 is 0. The van der Waals surface area contributed by atoms with E-state index in [9.17, 15) is 4.39 Å². The first-order valence-corrected chi connectivity index (χ1v) is 3.42. The van der Waals surface area contributed by atoms with Crippen molar-refractivity contribution in [2.45, 2.75) is 0 Å². The Labute approximate surface area is 64.8 Å². The molecular weight excluding hydrogens is 145 g/mol. The monoisotopic (exact) mass is 155 g/mol. The van der Waals surface area contributed by atoms with Crippen LogP contribution >= 0.6 is 0 Å². The summed E-state index contributed by atoms with van der Waals surface area (Å²) in [5.74, 6) is -0.0844. The molecule has 3 heteroatoms. The Balaban J connectivity index is 2.62. The topological polar surface area (TPSA) is 35.2 Å². The largest absolute Gasteiger partial charge is 0.489 e. The molecule has 11 heavy (non-hydrogen) atoms. The minimum atomic E-state index is -0.346. The highest BCUT2D eigenvalue weighted by atomic mass is 19.1. The van der Waals surface area contributed by atoms with E-state index >= 15 is 0 Å². The van der Waals surface area contributed by atoms with Gasteiger partial charge in [0, 0.05) is 6.54 Å². The van der Waals surface area contributed by atoms with Gasteiger partial charge >= 0.3 is 0 Å². The Bertz CT molecular complexity index is 227. The average Bonchev–Trinajstić information content (AvgIpc) is 2.03. The van der Waals surface area contributed by atoms with Crippen molar-refractivity contribution in [3.8, 4) is 5.75 Å². The van der Waals surface area contributed by atoms with Gasteiger partial charge in [-0.05, 0) is 12.1 Å². The van der Waals surface area contributed by atoms with Gasteiger partial charge in [0.25, 0.3) is 0 Å². The number of para-hydroxylation sites is 1. The van der Waals surface area contributed by atoms with Gasteiger partial charge in [-0.2, -0.15) is 0 Å². The molecule has 0 aliphatic carbocycles. The molecule has 0 radical (unpaired) electrons. The third-order valence-electron chi connectivity index (χ3n) is 1.21. The molecule has 0 aromatic heterocycles. The first kappa shape index (κ1) is 8.01. The van der Waals surface area contributed by atoms with E-state index < -0.39 is 0 Å². The van der Waals surface area contributed by atoms with Gasteiger partial charge in [-0.1, -0.05) is 12.1 Å². The molecule has 0 saturated heterocycles. The van der Waals surface area contributed by atoms with E-state index in [-0.39, 0.29) is 11.6 Å². The summed E-state index contributed by atoms with van der Waals surface area (Å²) in [6, 6.07) is 6.26. The van der Waals surface area contributed by atoms with E-state index in [1.807, 2.05) is 0 Å². The Morgan fingerprint density at radius 2 is 2.09 bits per heavy atom. The Morgan fingerprint density at radius 1 is 1.36 bits per heavy atom. The molecule has 1 rings (SSSR count). The van der Waals surface area contributed by atoms with Crippen LogP contribution < -0.4 is 10.5 Å². The molecule has 2 N–H and O–H groups in total. The lowest BCUT2D eigenvalue weighted by Crippen LogP contribution is -2.11. The third kappa shape index (κ3) is 2.20. The molecule has 1 aromatic rings. The minimum absolute atomic E-state index is 0.262. The quantitative estimate of drug-likeness (QED) is 0.711. The van der Waals surface area contributed by atoms with Crippen molar-refractivity contribution >= 4 is 0 Å². The predicted molar refractivity (Wildman–Crippen MR) is 40.9 cm³/mol. The number of hydrogen-bond acceptors (Lipinski definition) is 2. The lowest BCUT2D eigenvalue weighted by Gasteiger charge is -2.03. The van der Waals surface area contributed by atoms with Crippen molar-refractivity contribution in [1.82, 2.24) is 0 Å². The maximum Gasteiger partial charge on any atom is 0.165 e. The SMILES string of the molecule is NCCOc1ccccc1F. The van der Waals surface area contributed by atoms with E-state index in [1.54, 1.807) is 18.2 Å². The van der Waals surface area contributed by atoms with Crippen LogP contribution in [-0.2, 0) is 0 Å². The Hall–Kier alpha value is -1.09. The van der Waals surface area contributed by atoms with Crippen molar-refractivity contribution in [3.05, 3.63) is 30.1 Å². The second-order valence-corrected chi connectivity index (χ2v) is 2.07. The lowest BCUT2D eigenvalue weighted by atomic mass is 10.3. The predicted octanol–water partition coefficient (Wildman–Crippen LogP) is 1.16. The highest BCUT2D eigenvalue weighted by Gasteiger charge is 1.98. The van der Waals surface area contributed by atoms with Gasteiger partial charge in [-0.15, -0.1) is 0 Å². The van der Waals surface area contributed by atoms with E-state index in [0.717, 1.165) is 0 Å². The molecule has 0 heterocycles. The van der Waals surface area contributed by atoms with Gasteiger partial charge in [0.1, 0.15) is 6.61 Å². The van der Waals surface area contributed by atoms with Crippen LogP contribution in [0.25, 0.3) is 0 Å². The maximum atomic E-state index is 12.7. The second-order valence-electron chi connectivity index (χ2n) is 2.07. The number of rotatable bonds is 3. The molecule has 1 aromatic carbocycles. The summed E-state index contributed by atoms with van der Waals surface area (Å²) in [5.41, 5.74) is 5.18. The van der Waals surface area contributed by atoms with E-state index in [4.69, 9.17) is 10.5 Å². The van der Waals surface area contributed by atoms with Crippen LogP contribution in [-0.4, -0.2) is 13.2 Å². The van der Waals surface area contributed by atoms with Crippen LogP contribution in [0.1, 0.15) is 0 Å². The van der Waals surface area contributed by atoms with E-state index in [1.165, 1.54) is 6.07 Å². The molecule has 0 spiro atoms. The van der Waals surface area contributed by atoms with Crippen molar-refractivity contribution < 1.29 is 9.13 Å². The second kappa shape index (κ2) is 3.93. The standard InChI is InChI=1S/C8H10FNO/c9-7-3-1-2-4-8(7)11-6-5-10/h1-4H,5-6,10H2. The molecule has 0 atom stereocenters. The average molecular weight is 155 g/mol. The number of ether oxygens (including phenoxy) is 1. The Morgan fingerprint density at radius 3 is 2.73 bits per heavy atom. The fourth-order valence-electron chi connectivity index (χ4n) is 0.731. The Kier molecular flexibility index (Phi) is 2.86. The number of hydrogen-bond donors (Lipinski definition) is 1. The minimum Gasteiger partial charge on any atom is -0.489 e. The summed E-state index contributed by atoms with van der Waals surface area (Å²) in [6.07, 6.45) is 0. The highest BCUT2D eigenvalue weighted by molar-refractivity contribution is 5.23. The molecule has 60 valence electrons. The van der Waals surface area contributed by atoms with Gasteiger partial charge in [0.15, 0.2) is 11.6 Å². The summed E-state index contributed by atoms with van der Waals surface area (Å²) in [7, 11) is 0. The smallest absolute Gasteiger partial charge is 0.165 e. The van der Waals surface area contributed by atoms with Crippen LogP contribution in [0.4, 0.5) is 4.39 Å². The van der Waals surface area contributed by atoms with Gasteiger partial charge in [-0.3, -0.25) is 0 Å². The molecule has 0 unspecified atom stereocenters. The van der Waals surface area contributed by atoms with Crippen LogP contribution in [0.15, 0.2) is 24.3 Å². The normalized spacial score (nSPS) is 9.64. The van der Waals surface area contributed by atoms with E-state index in [2.05, 4.69) is 0 Å². The maximum absolute atomic E-state index is 12.7. The summed E-state index contributed by atoms with van der Waals surface area (Å²) < 4.78 is 17.7. The summed E-state index contributed by atoms with van der Waals surface area (Å²) in [4.78, 5) is 0. The molecule has 0 saturated carbocycles. The van der Waals surface area contributed by atoms with Gasteiger partial charge in [-0.25, -0.2) is 4.39 Å².